The van der Waals surface area contributed by atoms with Crippen molar-refractivity contribution in [3.8, 4) is 0 Å². The van der Waals surface area contributed by atoms with E-state index in [1.54, 1.807) is 4.90 Å². The molecule has 120 valence electrons. The van der Waals surface area contributed by atoms with Crippen LogP contribution in [0.4, 0.5) is 20.3 Å². The Morgan fingerprint density at radius 2 is 2.13 bits per heavy atom. The molecule has 2 heterocycles. The van der Waals surface area contributed by atoms with Crippen LogP contribution >= 0.6 is 11.3 Å². The van der Waals surface area contributed by atoms with E-state index in [2.05, 4.69) is 10.6 Å². The van der Waals surface area contributed by atoms with Crippen LogP contribution < -0.4 is 15.5 Å². The summed E-state index contributed by atoms with van der Waals surface area (Å²) < 4.78 is 5.29. The van der Waals surface area contributed by atoms with Crippen molar-refractivity contribution in [1.82, 2.24) is 5.32 Å². The Morgan fingerprint density at radius 3 is 2.83 bits per heavy atom. The highest BCUT2D eigenvalue weighted by Crippen LogP contribution is 2.21. The fraction of sp³-hybridized carbons (Fsp3) is 0.250. The lowest BCUT2D eigenvalue weighted by atomic mass is 10.2. The van der Waals surface area contributed by atoms with Crippen LogP contribution in [0.1, 0.15) is 5.56 Å². The molecular formula is C16H17N3O3S. The molecule has 1 saturated heterocycles. The Morgan fingerprint density at radius 1 is 1.35 bits per heavy atom. The second-order valence-electron chi connectivity index (χ2n) is 5.26. The number of thiophene rings is 1. The van der Waals surface area contributed by atoms with Crippen molar-refractivity contribution in [3.63, 3.8) is 0 Å². The number of carbonyl (C=O) groups is 2. The highest BCUT2D eigenvalue weighted by molar-refractivity contribution is 7.14. The number of nitrogens with zero attached hydrogens (tertiary/aromatic N) is 1. The zero-order chi connectivity index (χ0) is 16.2. The first-order valence-electron chi connectivity index (χ1n) is 7.25. The fourth-order valence-electron chi connectivity index (χ4n) is 2.28. The molecule has 0 spiro atoms. The van der Waals surface area contributed by atoms with E-state index < -0.39 is 0 Å². The third kappa shape index (κ3) is 3.81. The topological polar surface area (TPSA) is 70.7 Å². The lowest BCUT2D eigenvalue weighted by molar-refractivity contribution is 0.141. The van der Waals surface area contributed by atoms with E-state index in [-0.39, 0.29) is 24.8 Å². The summed E-state index contributed by atoms with van der Waals surface area (Å²) in [6.07, 6.45) is -0.753. The van der Waals surface area contributed by atoms with Crippen LogP contribution in [0, 0.1) is 6.92 Å². The van der Waals surface area contributed by atoms with E-state index in [0.29, 0.717) is 6.54 Å². The maximum Gasteiger partial charge on any atom is 0.414 e. The first-order valence-corrected chi connectivity index (χ1v) is 8.13. The van der Waals surface area contributed by atoms with Crippen LogP contribution in [0.15, 0.2) is 41.8 Å². The van der Waals surface area contributed by atoms with Crippen molar-refractivity contribution >= 4 is 34.1 Å². The second kappa shape index (κ2) is 6.70. The van der Waals surface area contributed by atoms with Crippen LogP contribution in [-0.2, 0) is 4.74 Å². The molecule has 1 fully saturated rings. The third-order valence-electron chi connectivity index (χ3n) is 3.47. The molecule has 7 heteroatoms. The van der Waals surface area contributed by atoms with Gasteiger partial charge in [-0.15, -0.1) is 11.3 Å². The van der Waals surface area contributed by atoms with Crippen molar-refractivity contribution in [1.29, 1.82) is 0 Å². The van der Waals surface area contributed by atoms with E-state index in [1.807, 2.05) is 48.7 Å². The Hall–Kier alpha value is -2.54. The maximum absolute atomic E-state index is 11.9. The van der Waals surface area contributed by atoms with Gasteiger partial charge in [-0.1, -0.05) is 17.7 Å². The summed E-state index contributed by atoms with van der Waals surface area (Å²) >= 11 is 1.44. The minimum Gasteiger partial charge on any atom is -0.442 e. The number of cyclic esters (lactones) is 1. The summed E-state index contributed by atoms with van der Waals surface area (Å²) in [4.78, 5) is 25.3. The molecule has 0 bridgehead atoms. The van der Waals surface area contributed by atoms with Crippen molar-refractivity contribution in [2.45, 2.75) is 13.0 Å². The van der Waals surface area contributed by atoms with Gasteiger partial charge in [0.25, 0.3) is 0 Å². The number of anilines is 2. The van der Waals surface area contributed by atoms with Gasteiger partial charge < -0.3 is 10.1 Å². The van der Waals surface area contributed by atoms with Crippen LogP contribution in [0.25, 0.3) is 0 Å². The van der Waals surface area contributed by atoms with Crippen LogP contribution in [0.5, 0.6) is 0 Å². The average Bonchev–Trinajstić information content (AvgIpc) is 3.16. The Bertz CT molecular complexity index is 685. The van der Waals surface area contributed by atoms with Gasteiger partial charge in [-0.25, -0.2) is 9.59 Å². The molecule has 1 unspecified atom stereocenters. The lowest BCUT2D eigenvalue weighted by Crippen LogP contribution is -2.37. The standard InChI is InChI=1S/C16H17N3O3S/c1-11-4-6-12(7-5-11)19-10-13(22-16(19)21)9-17-15(20)18-14-3-2-8-23-14/h2-8,13H,9-10H2,1H3,(H2,17,18,20). The SMILES string of the molecule is Cc1ccc(N2CC(CNC(=O)Nc3cccs3)OC2=O)cc1. The monoisotopic (exact) mass is 331 g/mol. The van der Waals surface area contributed by atoms with Crippen LogP contribution in [0.3, 0.4) is 0 Å². The van der Waals surface area contributed by atoms with E-state index >= 15 is 0 Å². The van der Waals surface area contributed by atoms with Gasteiger partial charge in [0.05, 0.1) is 18.1 Å². The first kappa shape index (κ1) is 15.4. The fourth-order valence-corrected chi connectivity index (χ4v) is 2.89. The van der Waals surface area contributed by atoms with E-state index in [1.165, 1.54) is 11.3 Å². The Kier molecular flexibility index (Phi) is 4.47. The molecule has 1 atom stereocenters. The van der Waals surface area contributed by atoms with Gasteiger partial charge in [-0.3, -0.25) is 10.2 Å². The molecule has 1 aliphatic rings. The predicted octanol–water partition coefficient (Wildman–Crippen LogP) is 3.20. The summed E-state index contributed by atoms with van der Waals surface area (Å²) in [5.74, 6) is 0. The van der Waals surface area contributed by atoms with Gasteiger partial charge in [0.2, 0.25) is 0 Å². The minimum atomic E-state index is -0.390. The third-order valence-corrected chi connectivity index (χ3v) is 4.25. The van der Waals surface area contributed by atoms with Crippen LogP contribution in [-0.4, -0.2) is 31.3 Å². The molecule has 0 radical (unpaired) electrons. The van der Waals surface area contributed by atoms with Gasteiger partial charge in [-0.2, -0.15) is 0 Å². The molecule has 2 aromatic rings. The molecule has 2 N–H and O–H groups in total. The largest absolute Gasteiger partial charge is 0.442 e. The Balaban J connectivity index is 1.51. The van der Waals surface area contributed by atoms with Crippen LogP contribution in [0.2, 0.25) is 0 Å². The van der Waals surface area contributed by atoms with Crippen molar-refractivity contribution in [3.05, 3.63) is 47.3 Å². The number of urea groups is 1. The zero-order valence-corrected chi connectivity index (χ0v) is 13.4. The van der Waals surface area contributed by atoms with E-state index in [4.69, 9.17) is 4.74 Å². The normalized spacial score (nSPS) is 17.0. The molecule has 23 heavy (non-hydrogen) atoms. The number of hydrogen-bond acceptors (Lipinski definition) is 4. The highest BCUT2D eigenvalue weighted by atomic mass is 32.1. The number of amides is 3. The number of benzene rings is 1. The lowest BCUT2D eigenvalue weighted by Gasteiger charge is -2.13. The smallest absolute Gasteiger partial charge is 0.414 e. The van der Waals surface area contributed by atoms with Gasteiger partial charge >= 0.3 is 12.1 Å². The Labute approximate surface area is 138 Å². The van der Waals surface area contributed by atoms with E-state index in [0.717, 1.165) is 16.3 Å². The predicted molar refractivity (Wildman–Crippen MR) is 90.1 cm³/mol. The number of aryl methyl sites for hydroxylation is 1. The van der Waals surface area contributed by atoms with Gasteiger partial charge in [-0.05, 0) is 36.6 Å². The molecule has 0 saturated carbocycles. The minimum absolute atomic E-state index is 0.269. The molecule has 6 nitrogen and oxygen atoms in total. The highest BCUT2D eigenvalue weighted by Gasteiger charge is 2.32. The summed E-state index contributed by atoms with van der Waals surface area (Å²) in [7, 11) is 0. The molecule has 1 aliphatic heterocycles. The van der Waals surface area contributed by atoms with Gasteiger partial charge in [0.15, 0.2) is 0 Å². The first-order chi connectivity index (χ1) is 11.1. The second-order valence-corrected chi connectivity index (χ2v) is 6.21. The van der Waals surface area contributed by atoms with Gasteiger partial charge in [0.1, 0.15) is 6.10 Å². The number of nitrogens with one attached hydrogen (secondary N) is 2. The van der Waals surface area contributed by atoms with Crippen molar-refractivity contribution < 1.29 is 14.3 Å². The number of carbonyl (C=O) groups excluding carboxylic acids is 2. The number of ether oxygens (including phenoxy) is 1. The molecular weight excluding hydrogens is 314 g/mol. The molecule has 3 amide bonds. The molecule has 0 aliphatic carbocycles. The summed E-state index contributed by atoms with van der Waals surface area (Å²) in [5, 5.41) is 8.09. The summed E-state index contributed by atoms with van der Waals surface area (Å²) in [5.41, 5.74) is 1.93. The summed E-state index contributed by atoms with van der Waals surface area (Å²) in [6.45, 7) is 2.68. The van der Waals surface area contributed by atoms with E-state index in [9.17, 15) is 9.59 Å². The summed E-state index contributed by atoms with van der Waals surface area (Å²) in [6, 6.07) is 11.0. The van der Waals surface area contributed by atoms with Gasteiger partial charge in [0, 0.05) is 5.69 Å². The molecule has 3 rings (SSSR count). The zero-order valence-electron chi connectivity index (χ0n) is 12.6. The van der Waals surface area contributed by atoms with Crippen molar-refractivity contribution in [2.75, 3.05) is 23.3 Å². The number of hydrogen-bond donors (Lipinski definition) is 2. The quantitative estimate of drug-likeness (QED) is 0.904. The molecule has 1 aromatic carbocycles. The maximum atomic E-state index is 11.9. The average molecular weight is 331 g/mol. The number of rotatable bonds is 4. The molecule has 1 aromatic heterocycles. The van der Waals surface area contributed by atoms with Crippen molar-refractivity contribution in [2.24, 2.45) is 0 Å².